The van der Waals surface area contributed by atoms with E-state index in [1.165, 1.54) is 0 Å². The summed E-state index contributed by atoms with van der Waals surface area (Å²) in [5.41, 5.74) is 1.66. The number of carbonyl (C=O) groups is 1. The number of aryl methyl sites for hydroxylation is 2. The number of methoxy groups -OCH3 is 1. The maximum Gasteiger partial charge on any atom is 0.267 e. The molecule has 0 spiro atoms. The minimum absolute atomic E-state index is 0.0618. The van der Waals surface area contributed by atoms with Gasteiger partial charge in [-0.25, -0.2) is 4.98 Å². The van der Waals surface area contributed by atoms with Gasteiger partial charge >= 0.3 is 0 Å². The molecule has 3 aromatic rings. The van der Waals surface area contributed by atoms with Crippen molar-refractivity contribution in [1.82, 2.24) is 19.4 Å². The molecule has 0 aliphatic heterocycles. The van der Waals surface area contributed by atoms with E-state index in [0.717, 1.165) is 29.6 Å². The number of nitrogens with zero attached hydrogens (tertiary/aromatic N) is 3. The van der Waals surface area contributed by atoms with Crippen LogP contribution in [0.2, 0.25) is 0 Å². The molecule has 6 heteroatoms. The van der Waals surface area contributed by atoms with Crippen molar-refractivity contribution in [2.45, 2.75) is 13.0 Å². The van der Waals surface area contributed by atoms with Crippen LogP contribution < -0.4 is 10.1 Å². The van der Waals surface area contributed by atoms with Crippen molar-refractivity contribution in [2.24, 2.45) is 7.05 Å². The van der Waals surface area contributed by atoms with E-state index in [0.29, 0.717) is 12.2 Å². The molecule has 0 aliphatic rings. The summed E-state index contributed by atoms with van der Waals surface area (Å²) in [6, 6.07) is 7.69. The number of fused-ring (bicyclic) bond motifs is 1. The van der Waals surface area contributed by atoms with Crippen molar-refractivity contribution in [3.63, 3.8) is 0 Å². The fourth-order valence-corrected chi connectivity index (χ4v) is 2.65. The van der Waals surface area contributed by atoms with Crippen LogP contribution in [-0.2, 0) is 13.6 Å². The summed E-state index contributed by atoms with van der Waals surface area (Å²) in [5.74, 6) is 0.726. The van der Waals surface area contributed by atoms with Gasteiger partial charge in [-0.3, -0.25) is 4.79 Å². The normalized spacial score (nSPS) is 10.9. The Bertz CT molecular complexity index is 805. The number of aromatic nitrogens is 3. The first-order valence-electron chi connectivity index (χ1n) is 7.56. The van der Waals surface area contributed by atoms with Gasteiger partial charge in [-0.15, -0.1) is 0 Å². The molecule has 0 bridgehead atoms. The maximum absolute atomic E-state index is 12.4. The number of hydrogen-bond acceptors (Lipinski definition) is 3. The average molecular weight is 312 g/mol. The highest BCUT2D eigenvalue weighted by Gasteiger charge is 2.13. The fourth-order valence-electron chi connectivity index (χ4n) is 2.65. The lowest BCUT2D eigenvalue weighted by Crippen LogP contribution is -2.26. The molecule has 23 heavy (non-hydrogen) atoms. The van der Waals surface area contributed by atoms with E-state index in [2.05, 4.69) is 10.3 Å². The third kappa shape index (κ3) is 3.21. The molecule has 1 amide bonds. The summed E-state index contributed by atoms with van der Waals surface area (Å²) in [7, 11) is 3.53. The second kappa shape index (κ2) is 6.56. The first kappa shape index (κ1) is 15.1. The lowest BCUT2D eigenvalue weighted by Gasteiger charge is -2.07. The largest absolute Gasteiger partial charge is 0.497 e. The highest BCUT2D eigenvalue weighted by Crippen LogP contribution is 2.23. The quantitative estimate of drug-likeness (QED) is 0.710. The van der Waals surface area contributed by atoms with Gasteiger partial charge in [0.25, 0.3) is 5.91 Å². The van der Waals surface area contributed by atoms with Gasteiger partial charge < -0.3 is 19.2 Å². The molecule has 3 rings (SSSR count). The number of imidazole rings is 1. The lowest BCUT2D eigenvalue weighted by molar-refractivity contribution is 0.0945. The van der Waals surface area contributed by atoms with Gasteiger partial charge in [-0.05, 0) is 30.7 Å². The molecule has 0 radical (unpaired) electrons. The number of hydrogen-bond donors (Lipinski definition) is 1. The Hall–Kier alpha value is -2.76. The Kier molecular flexibility index (Phi) is 4.32. The van der Waals surface area contributed by atoms with Crippen molar-refractivity contribution in [3.05, 3.63) is 48.7 Å². The standard InChI is InChI=1S/C17H20N4O2/c1-20-15-5-4-14(23-2)10-13(15)11-16(20)17(22)19-6-3-8-21-9-7-18-12-21/h4-5,7,9-12H,3,6,8H2,1-2H3,(H,19,22). The second-order valence-corrected chi connectivity index (χ2v) is 5.42. The molecule has 0 saturated heterocycles. The van der Waals surface area contributed by atoms with Crippen LogP contribution in [0.15, 0.2) is 43.0 Å². The molecule has 0 unspecified atom stereocenters. The van der Waals surface area contributed by atoms with Crippen LogP contribution in [0.4, 0.5) is 0 Å². The fraction of sp³-hybridized carbons (Fsp3) is 0.294. The van der Waals surface area contributed by atoms with E-state index in [-0.39, 0.29) is 5.91 Å². The van der Waals surface area contributed by atoms with E-state index >= 15 is 0 Å². The molecule has 2 aromatic heterocycles. The van der Waals surface area contributed by atoms with E-state index in [9.17, 15) is 4.79 Å². The molecule has 6 nitrogen and oxygen atoms in total. The van der Waals surface area contributed by atoms with Crippen LogP contribution >= 0.6 is 0 Å². The van der Waals surface area contributed by atoms with Crippen molar-refractivity contribution < 1.29 is 9.53 Å². The number of rotatable bonds is 6. The zero-order valence-electron chi connectivity index (χ0n) is 13.3. The minimum Gasteiger partial charge on any atom is -0.497 e. The summed E-state index contributed by atoms with van der Waals surface area (Å²) < 4.78 is 9.13. The topological polar surface area (TPSA) is 61.1 Å². The third-order valence-electron chi connectivity index (χ3n) is 3.92. The van der Waals surface area contributed by atoms with Crippen molar-refractivity contribution in [3.8, 4) is 5.75 Å². The Morgan fingerprint density at radius 1 is 1.35 bits per heavy atom. The first-order chi connectivity index (χ1) is 11.2. The number of ether oxygens (including phenoxy) is 1. The van der Waals surface area contributed by atoms with E-state index in [1.54, 1.807) is 19.6 Å². The molecule has 1 N–H and O–H groups in total. The Morgan fingerprint density at radius 3 is 2.96 bits per heavy atom. The molecular formula is C17H20N4O2. The number of nitrogens with one attached hydrogen (secondary N) is 1. The maximum atomic E-state index is 12.4. The van der Waals surface area contributed by atoms with Gasteiger partial charge in [-0.2, -0.15) is 0 Å². The molecule has 1 aromatic carbocycles. The van der Waals surface area contributed by atoms with Crippen LogP contribution in [0.5, 0.6) is 5.75 Å². The predicted molar refractivity (Wildman–Crippen MR) is 88.6 cm³/mol. The van der Waals surface area contributed by atoms with Crippen molar-refractivity contribution >= 4 is 16.8 Å². The molecule has 0 aliphatic carbocycles. The predicted octanol–water partition coefficient (Wildman–Crippen LogP) is 2.20. The van der Waals surface area contributed by atoms with Crippen LogP contribution in [0.3, 0.4) is 0 Å². The molecule has 0 fully saturated rings. The van der Waals surface area contributed by atoms with Crippen LogP contribution in [-0.4, -0.2) is 33.7 Å². The van der Waals surface area contributed by atoms with Gasteiger partial charge in [0.05, 0.1) is 13.4 Å². The molecule has 120 valence electrons. The smallest absolute Gasteiger partial charge is 0.267 e. The van der Waals surface area contributed by atoms with Gasteiger partial charge in [0.1, 0.15) is 11.4 Å². The summed E-state index contributed by atoms with van der Waals surface area (Å²) >= 11 is 0. The third-order valence-corrected chi connectivity index (χ3v) is 3.92. The van der Waals surface area contributed by atoms with Gasteiger partial charge in [-0.1, -0.05) is 0 Å². The first-order valence-corrected chi connectivity index (χ1v) is 7.56. The Balaban J connectivity index is 1.64. The number of amides is 1. The van der Waals surface area contributed by atoms with Crippen LogP contribution in [0, 0.1) is 0 Å². The van der Waals surface area contributed by atoms with Gasteiger partial charge in [0.2, 0.25) is 0 Å². The molecular weight excluding hydrogens is 292 g/mol. The molecule has 0 atom stereocenters. The second-order valence-electron chi connectivity index (χ2n) is 5.42. The summed E-state index contributed by atoms with van der Waals surface area (Å²) in [6.45, 7) is 1.47. The molecule has 2 heterocycles. The summed E-state index contributed by atoms with van der Waals surface area (Å²) in [6.07, 6.45) is 6.31. The summed E-state index contributed by atoms with van der Waals surface area (Å²) in [5, 5.41) is 3.96. The van der Waals surface area contributed by atoms with Crippen LogP contribution in [0.1, 0.15) is 16.9 Å². The lowest BCUT2D eigenvalue weighted by atomic mass is 10.2. The Labute approximate surface area is 134 Å². The average Bonchev–Trinajstić information content (AvgIpc) is 3.19. The number of benzene rings is 1. The zero-order valence-corrected chi connectivity index (χ0v) is 13.3. The van der Waals surface area contributed by atoms with E-state index < -0.39 is 0 Å². The van der Waals surface area contributed by atoms with Gasteiger partial charge in [0.15, 0.2) is 0 Å². The van der Waals surface area contributed by atoms with E-state index in [1.807, 2.05) is 46.6 Å². The Morgan fingerprint density at radius 2 is 2.22 bits per heavy atom. The van der Waals surface area contributed by atoms with Gasteiger partial charge in [0, 0.05) is 43.4 Å². The monoisotopic (exact) mass is 312 g/mol. The zero-order chi connectivity index (χ0) is 16.2. The minimum atomic E-state index is -0.0618. The highest BCUT2D eigenvalue weighted by molar-refractivity contribution is 5.99. The van der Waals surface area contributed by atoms with Crippen molar-refractivity contribution in [1.29, 1.82) is 0 Å². The van der Waals surface area contributed by atoms with Crippen LogP contribution in [0.25, 0.3) is 10.9 Å². The molecule has 0 saturated carbocycles. The SMILES string of the molecule is COc1ccc2c(c1)cc(C(=O)NCCCn1ccnc1)n2C. The highest BCUT2D eigenvalue weighted by atomic mass is 16.5. The number of carbonyl (C=O) groups excluding carboxylic acids is 1. The van der Waals surface area contributed by atoms with E-state index in [4.69, 9.17) is 4.74 Å². The van der Waals surface area contributed by atoms with Crippen molar-refractivity contribution in [2.75, 3.05) is 13.7 Å². The summed E-state index contributed by atoms with van der Waals surface area (Å²) in [4.78, 5) is 16.4.